The number of urea groups is 1. The molecule has 1 aromatic heterocycles. The number of carbonyl (C=O) groups excluding carboxylic acids is 3. The van der Waals surface area contributed by atoms with Crippen molar-refractivity contribution in [3.63, 3.8) is 0 Å². The second kappa shape index (κ2) is 9.19. The fraction of sp³-hybridized carbons (Fsp3) is 0.143. The first-order chi connectivity index (χ1) is 14.4. The van der Waals surface area contributed by atoms with E-state index in [4.69, 9.17) is 0 Å². The Morgan fingerprint density at radius 2 is 1.47 bits per heavy atom. The Morgan fingerprint density at radius 1 is 0.867 bits per heavy atom. The summed E-state index contributed by atoms with van der Waals surface area (Å²) < 4.78 is 4.65. The number of aryl methyl sites for hydroxylation is 2. The number of methoxy groups -OCH3 is 1. The molecule has 0 aliphatic heterocycles. The van der Waals surface area contributed by atoms with E-state index < -0.39 is 12.0 Å². The van der Waals surface area contributed by atoms with Crippen molar-refractivity contribution in [1.82, 2.24) is 4.98 Å². The van der Waals surface area contributed by atoms with Gasteiger partial charge in [0, 0.05) is 11.4 Å². The number of nitrogens with one attached hydrogen (secondary N) is 3. The van der Waals surface area contributed by atoms with Crippen molar-refractivity contribution < 1.29 is 19.1 Å². The zero-order valence-corrected chi connectivity index (χ0v) is 17.4. The highest BCUT2D eigenvalue weighted by molar-refractivity contribution is 7.17. The van der Waals surface area contributed by atoms with Crippen molar-refractivity contribution in [3.8, 4) is 0 Å². The van der Waals surface area contributed by atoms with Gasteiger partial charge in [0.25, 0.3) is 5.91 Å². The molecule has 0 bridgehead atoms. The number of hydrogen-bond acceptors (Lipinski definition) is 6. The molecule has 3 aromatic rings. The predicted molar refractivity (Wildman–Crippen MR) is 116 cm³/mol. The normalized spacial score (nSPS) is 10.2. The highest BCUT2D eigenvalue weighted by Gasteiger charge is 2.17. The molecule has 2 aromatic carbocycles. The number of nitrogens with zero attached hydrogens (tertiary/aromatic N) is 1. The summed E-state index contributed by atoms with van der Waals surface area (Å²) in [6.45, 7) is 3.65. The fourth-order valence-corrected chi connectivity index (χ4v) is 3.41. The number of esters is 1. The van der Waals surface area contributed by atoms with Gasteiger partial charge < -0.3 is 15.4 Å². The Bertz CT molecular complexity index is 1080. The summed E-state index contributed by atoms with van der Waals surface area (Å²) in [5.41, 5.74) is 3.14. The number of amides is 3. The van der Waals surface area contributed by atoms with Gasteiger partial charge in [0.2, 0.25) is 0 Å². The fourth-order valence-electron chi connectivity index (χ4n) is 2.55. The largest absolute Gasteiger partial charge is 0.465 e. The lowest BCUT2D eigenvalue weighted by Gasteiger charge is -2.05. The number of rotatable bonds is 5. The number of aromatic nitrogens is 1. The second-order valence-corrected chi connectivity index (χ2v) is 7.40. The zero-order valence-electron chi connectivity index (χ0n) is 16.6. The molecule has 0 fully saturated rings. The SMILES string of the molecule is COC(=O)c1ccc(NC(=O)c2sc(NC(=O)Nc3ccc(C)cc3)nc2C)cc1. The summed E-state index contributed by atoms with van der Waals surface area (Å²) in [5.74, 6) is -0.811. The van der Waals surface area contributed by atoms with Crippen molar-refractivity contribution in [2.45, 2.75) is 13.8 Å². The van der Waals surface area contributed by atoms with Crippen molar-refractivity contribution in [1.29, 1.82) is 0 Å². The topological polar surface area (TPSA) is 109 Å². The summed E-state index contributed by atoms with van der Waals surface area (Å²) in [4.78, 5) is 40.8. The molecule has 1 heterocycles. The van der Waals surface area contributed by atoms with E-state index in [-0.39, 0.29) is 5.91 Å². The number of benzene rings is 2. The molecule has 0 saturated heterocycles. The Balaban J connectivity index is 1.63. The summed E-state index contributed by atoms with van der Waals surface area (Å²) in [7, 11) is 1.30. The molecule has 9 heteroatoms. The van der Waals surface area contributed by atoms with E-state index in [2.05, 4.69) is 25.7 Å². The molecular weight excluding hydrogens is 404 g/mol. The van der Waals surface area contributed by atoms with Crippen LogP contribution in [0.2, 0.25) is 0 Å². The van der Waals surface area contributed by atoms with Crippen molar-refractivity contribution in [2.24, 2.45) is 0 Å². The average molecular weight is 424 g/mol. The summed E-state index contributed by atoms with van der Waals surface area (Å²) in [6.07, 6.45) is 0. The van der Waals surface area contributed by atoms with Crippen molar-refractivity contribution >= 4 is 45.8 Å². The van der Waals surface area contributed by atoms with Gasteiger partial charge in [-0.1, -0.05) is 29.0 Å². The van der Waals surface area contributed by atoms with Crippen LogP contribution in [0.25, 0.3) is 0 Å². The van der Waals surface area contributed by atoms with Crippen LogP contribution in [0.4, 0.5) is 21.3 Å². The number of ether oxygens (including phenoxy) is 1. The number of carbonyl (C=O) groups is 3. The molecule has 154 valence electrons. The summed E-state index contributed by atoms with van der Waals surface area (Å²) in [5, 5.41) is 8.40. The van der Waals surface area contributed by atoms with Crippen LogP contribution >= 0.6 is 11.3 Å². The molecular formula is C21H20N4O4S. The molecule has 0 aliphatic carbocycles. The highest BCUT2D eigenvalue weighted by Crippen LogP contribution is 2.24. The molecule has 0 aliphatic rings. The van der Waals surface area contributed by atoms with E-state index in [1.165, 1.54) is 7.11 Å². The van der Waals surface area contributed by atoms with Crippen LogP contribution in [0.1, 0.15) is 31.3 Å². The maximum Gasteiger partial charge on any atom is 0.337 e. The third kappa shape index (κ3) is 5.21. The van der Waals surface area contributed by atoms with E-state index >= 15 is 0 Å². The monoisotopic (exact) mass is 424 g/mol. The minimum absolute atomic E-state index is 0.309. The molecule has 3 N–H and O–H groups in total. The van der Waals surface area contributed by atoms with Crippen LogP contribution in [0.15, 0.2) is 48.5 Å². The molecule has 30 heavy (non-hydrogen) atoms. The standard InChI is InChI=1S/C21H20N4O4S/c1-12-4-8-16(9-5-12)24-20(28)25-21-22-13(2)17(30-21)18(26)23-15-10-6-14(7-11-15)19(27)29-3/h4-11H,1-3H3,(H,23,26)(H2,22,24,25,28). The first-order valence-corrected chi connectivity index (χ1v) is 9.79. The van der Waals surface area contributed by atoms with Gasteiger partial charge in [-0.15, -0.1) is 0 Å². The van der Waals surface area contributed by atoms with Crippen molar-refractivity contribution in [3.05, 3.63) is 70.2 Å². The first-order valence-electron chi connectivity index (χ1n) is 8.97. The Hall–Kier alpha value is -3.72. The van der Waals surface area contributed by atoms with Crippen LogP contribution in [0.5, 0.6) is 0 Å². The number of anilines is 3. The Kier molecular flexibility index (Phi) is 6.43. The third-order valence-electron chi connectivity index (χ3n) is 4.10. The quantitative estimate of drug-likeness (QED) is 0.525. The van der Waals surface area contributed by atoms with Crippen LogP contribution in [0, 0.1) is 13.8 Å². The van der Waals surface area contributed by atoms with Gasteiger partial charge in [-0.25, -0.2) is 14.6 Å². The van der Waals surface area contributed by atoms with Gasteiger partial charge in [0.15, 0.2) is 5.13 Å². The van der Waals surface area contributed by atoms with E-state index in [1.807, 2.05) is 19.1 Å². The van der Waals surface area contributed by atoms with Crippen LogP contribution in [-0.2, 0) is 4.74 Å². The lowest BCUT2D eigenvalue weighted by atomic mass is 10.2. The molecule has 0 unspecified atom stereocenters. The van der Waals surface area contributed by atoms with Crippen molar-refractivity contribution in [2.75, 3.05) is 23.1 Å². The number of hydrogen-bond donors (Lipinski definition) is 3. The third-order valence-corrected chi connectivity index (χ3v) is 5.17. The zero-order chi connectivity index (χ0) is 21.7. The summed E-state index contributed by atoms with van der Waals surface area (Å²) >= 11 is 1.07. The van der Waals surface area contributed by atoms with Gasteiger partial charge in [-0.2, -0.15) is 0 Å². The summed E-state index contributed by atoms with van der Waals surface area (Å²) in [6, 6.07) is 13.3. The van der Waals surface area contributed by atoms with Gasteiger partial charge >= 0.3 is 12.0 Å². The predicted octanol–water partition coefficient (Wildman–Crippen LogP) is 4.44. The van der Waals surface area contributed by atoms with Gasteiger partial charge in [0.05, 0.1) is 18.4 Å². The molecule has 0 saturated carbocycles. The molecule has 3 rings (SSSR count). The molecule has 3 amide bonds. The van der Waals surface area contributed by atoms with Gasteiger partial charge in [0.1, 0.15) is 4.88 Å². The Morgan fingerprint density at radius 3 is 2.10 bits per heavy atom. The molecule has 0 radical (unpaired) electrons. The second-order valence-electron chi connectivity index (χ2n) is 6.40. The first kappa shape index (κ1) is 21.0. The Labute approximate surface area is 177 Å². The minimum atomic E-state index is -0.453. The van der Waals surface area contributed by atoms with Gasteiger partial charge in [-0.05, 0) is 50.2 Å². The smallest absolute Gasteiger partial charge is 0.337 e. The molecule has 8 nitrogen and oxygen atoms in total. The van der Waals surface area contributed by atoms with Gasteiger partial charge in [-0.3, -0.25) is 10.1 Å². The van der Waals surface area contributed by atoms with Crippen LogP contribution in [-0.4, -0.2) is 30.0 Å². The van der Waals surface area contributed by atoms with Crippen LogP contribution in [0.3, 0.4) is 0 Å². The van der Waals surface area contributed by atoms with E-state index in [0.717, 1.165) is 16.9 Å². The lowest BCUT2D eigenvalue weighted by Crippen LogP contribution is -2.19. The number of thiazole rings is 1. The maximum absolute atomic E-state index is 12.6. The average Bonchev–Trinajstić information content (AvgIpc) is 3.09. The van der Waals surface area contributed by atoms with E-state index in [0.29, 0.717) is 32.6 Å². The molecule has 0 atom stereocenters. The minimum Gasteiger partial charge on any atom is -0.465 e. The molecule has 0 spiro atoms. The van der Waals surface area contributed by atoms with E-state index in [9.17, 15) is 14.4 Å². The maximum atomic E-state index is 12.6. The van der Waals surface area contributed by atoms with E-state index in [1.54, 1.807) is 43.3 Å². The highest BCUT2D eigenvalue weighted by atomic mass is 32.1. The van der Waals surface area contributed by atoms with Crippen LogP contribution < -0.4 is 16.0 Å². The lowest BCUT2D eigenvalue weighted by molar-refractivity contribution is 0.0600.